The molecule has 0 bridgehead atoms. The normalized spacial score (nSPS) is 14.0. The number of aryl methyl sites for hydroxylation is 1. The van der Waals surface area contributed by atoms with E-state index < -0.39 is 0 Å². The highest BCUT2D eigenvalue weighted by Crippen LogP contribution is 2.27. The molecule has 1 saturated carbocycles. The van der Waals surface area contributed by atoms with Gasteiger partial charge >= 0.3 is 0 Å². The third-order valence-corrected chi connectivity index (χ3v) is 3.69. The number of anilines is 3. The van der Waals surface area contributed by atoms with E-state index in [1.807, 2.05) is 7.05 Å². The summed E-state index contributed by atoms with van der Waals surface area (Å²) in [5, 5.41) is 6.02. The Morgan fingerprint density at radius 1 is 1.33 bits per heavy atom. The van der Waals surface area contributed by atoms with Crippen molar-refractivity contribution < 1.29 is 4.79 Å². The summed E-state index contributed by atoms with van der Waals surface area (Å²) in [6.07, 6.45) is 7.12. The number of fused-ring (bicyclic) bond motifs is 1. The number of carbonyl (C=O) groups excluding carboxylic acids is 1. The van der Waals surface area contributed by atoms with Gasteiger partial charge in [-0.15, -0.1) is 0 Å². The summed E-state index contributed by atoms with van der Waals surface area (Å²) < 4.78 is 3.40. The molecule has 3 heterocycles. The summed E-state index contributed by atoms with van der Waals surface area (Å²) in [5.74, 6) is 1.04. The third kappa shape index (κ3) is 2.85. The Morgan fingerprint density at radius 2 is 2.17 bits per heavy atom. The summed E-state index contributed by atoms with van der Waals surface area (Å²) in [5.41, 5.74) is 6.93. The Labute approximate surface area is 137 Å². The van der Waals surface area contributed by atoms with Gasteiger partial charge in [-0.3, -0.25) is 4.79 Å². The van der Waals surface area contributed by atoms with Crippen molar-refractivity contribution in [3.63, 3.8) is 0 Å². The maximum atomic E-state index is 12.2. The Hall–Kier alpha value is -3.17. The summed E-state index contributed by atoms with van der Waals surface area (Å²) in [6, 6.07) is 0.417. The number of hydrogen-bond acceptors (Lipinski definition) is 7. The Balaban J connectivity index is 1.57. The van der Waals surface area contributed by atoms with Crippen LogP contribution in [0.5, 0.6) is 0 Å². The zero-order valence-corrected chi connectivity index (χ0v) is 13.1. The van der Waals surface area contributed by atoms with Crippen LogP contribution in [0.3, 0.4) is 0 Å². The maximum Gasteiger partial charge on any atom is 0.245 e. The third-order valence-electron chi connectivity index (χ3n) is 3.69. The van der Waals surface area contributed by atoms with E-state index in [4.69, 9.17) is 5.73 Å². The number of hydrogen-bond donors (Lipinski definition) is 3. The molecule has 3 aromatic rings. The molecule has 0 aliphatic heterocycles. The molecule has 0 radical (unpaired) electrons. The van der Waals surface area contributed by atoms with Gasteiger partial charge < -0.3 is 25.5 Å². The van der Waals surface area contributed by atoms with E-state index in [9.17, 15) is 4.79 Å². The average Bonchev–Trinajstić information content (AvgIpc) is 3.12. The standard InChI is InChI=1S/C14H17N9O/c1-22-4-9(16-6-22)19-10(24)5-23-7-17-11-12(18-8-2-3-8)20-14(15)21-13(11)23/h4,6-8H,2-3,5H2,1H3,(H,19,24)(H3,15,18,20,21). The van der Waals surface area contributed by atoms with Crippen molar-refractivity contribution in [2.75, 3.05) is 16.4 Å². The lowest BCUT2D eigenvalue weighted by atomic mass is 10.4. The van der Waals surface area contributed by atoms with Gasteiger partial charge in [0.15, 0.2) is 22.8 Å². The molecule has 124 valence electrons. The van der Waals surface area contributed by atoms with Crippen molar-refractivity contribution >= 4 is 34.7 Å². The van der Waals surface area contributed by atoms with E-state index in [1.54, 1.807) is 28.0 Å². The van der Waals surface area contributed by atoms with E-state index in [1.165, 1.54) is 0 Å². The molecule has 3 aromatic heterocycles. The maximum absolute atomic E-state index is 12.2. The molecule has 24 heavy (non-hydrogen) atoms. The highest BCUT2D eigenvalue weighted by atomic mass is 16.2. The SMILES string of the molecule is Cn1cnc(NC(=O)Cn2cnc3c(NC4CC4)nc(N)nc32)c1. The molecule has 0 saturated heterocycles. The minimum Gasteiger partial charge on any atom is -0.368 e. The summed E-state index contributed by atoms with van der Waals surface area (Å²) in [4.78, 5) is 29.0. The first-order chi connectivity index (χ1) is 11.6. The predicted molar refractivity (Wildman–Crippen MR) is 88.2 cm³/mol. The number of nitrogens with one attached hydrogen (secondary N) is 2. The van der Waals surface area contributed by atoms with E-state index in [-0.39, 0.29) is 18.4 Å². The van der Waals surface area contributed by atoms with Crippen LogP contribution in [0.4, 0.5) is 17.6 Å². The number of nitrogen functional groups attached to an aromatic ring is 1. The molecule has 4 N–H and O–H groups in total. The number of imidazole rings is 2. The van der Waals surface area contributed by atoms with Crippen molar-refractivity contribution in [1.29, 1.82) is 0 Å². The second-order valence-corrected chi connectivity index (χ2v) is 5.87. The first-order valence-corrected chi connectivity index (χ1v) is 7.61. The smallest absolute Gasteiger partial charge is 0.245 e. The average molecular weight is 327 g/mol. The Morgan fingerprint density at radius 3 is 2.88 bits per heavy atom. The Kier molecular flexibility index (Phi) is 3.29. The topological polar surface area (TPSA) is 129 Å². The molecule has 1 aliphatic rings. The van der Waals surface area contributed by atoms with Crippen molar-refractivity contribution in [1.82, 2.24) is 29.1 Å². The summed E-state index contributed by atoms with van der Waals surface area (Å²) >= 11 is 0. The van der Waals surface area contributed by atoms with Crippen LogP contribution in [0.25, 0.3) is 11.2 Å². The lowest BCUT2D eigenvalue weighted by Crippen LogP contribution is -2.19. The second-order valence-electron chi connectivity index (χ2n) is 5.87. The molecule has 0 unspecified atom stereocenters. The fourth-order valence-electron chi connectivity index (χ4n) is 2.41. The number of amides is 1. The van der Waals surface area contributed by atoms with Crippen LogP contribution >= 0.6 is 0 Å². The lowest BCUT2D eigenvalue weighted by Gasteiger charge is -2.07. The molecule has 10 nitrogen and oxygen atoms in total. The molecule has 10 heteroatoms. The first-order valence-electron chi connectivity index (χ1n) is 7.61. The van der Waals surface area contributed by atoms with E-state index in [0.29, 0.717) is 28.8 Å². The monoisotopic (exact) mass is 327 g/mol. The second kappa shape index (κ2) is 5.48. The number of aromatic nitrogens is 6. The fraction of sp³-hybridized carbons (Fsp3) is 0.357. The molecule has 4 rings (SSSR count). The Bertz CT molecular complexity index is 908. The van der Waals surface area contributed by atoms with Crippen LogP contribution in [0.2, 0.25) is 0 Å². The number of nitrogens with zero attached hydrogens (tertiary/aromatic N) is 6. The quantitative estimate of drug-likeness (QED) is 0.617. The van der Waals surface area contributed by atoms with Crippen LogP contribution in [-0.2, 0) is 18.4 Å². The zero-order chi connectivity index (χ0) is 16.7. The van der Waals surface area contributed by atoms with E-state index in [0.717, 1.165) is 12.8 Å². The molecule has 0 aromatic carbocycles. The van der Waals surface area contributed by atoms with Gasteiger partial charge in [-0.25, -0.2) is 9.97 Å². The first kappa shape index (κ1) is 14.4. The molecule has 0 atom stereocenters. The van der Waals surface area contributed by atoms with Crippen molar-refractivity contribution in [2.45, 2.75) is 25.4 Å². The van der Waals surface area contributed by atoms with Crippen LogP contribution in [0.1, 0.15) is 12.8 Å². The minimum absolute atomic E-state index is 0.0619. The van der Waals surface area contributed by atoms with E-state index in [2.05, 4.69) is 30.6 Å². The molecular formula is C14H17N9O. The number of carbonyl (C=O) groups is 1. The highest BCUT2D eigenvalue weighted by molar-refractivity contribution is 5.91. The van der Waals surface area contributed by atoms with Crippen molar-refractivity contribution in [2.24, 2.45) is 7.05 Å². The zero-order valence-electron chi connectivity index (χ0n) is 13.1. The fourth-order valence-corrected chi connectivity index (χ4v) is 2.41. The van der Waals surface area contributed by atoms with Gasteiger partial charge in [0.1, 0.15) is 6.54 Å². The van der Waals surface area contributed by atoms with Crippen LogP contribution in [0, 0.1) is 0 Å². The largest absolute Gasteiger partial charge is 0.368 e. The number of nitrogens with two attached hydrogens (primary N) is 1. The van der Waals surface area contributed by atoms with Crippen LogP contribution in [-0.4, -0.2) is 41.0 Å². The minimum atomic E-state index is -0.220. The van der Waals surface area contributed by atoms with Crippen LogP contribution in [0.15, 0.2) is 18.9 Å². The van der Waals surface area contributed by atoms with Gasteiger partial charge in [0.05, 0.1) is 12.7 Å². The number of rotatable bonds is 5. The van der Waals surface area contributed by atoms with Gasteiger partial charge in [-0.05, 0) is 12.8 Å². The van der Waals surface area contributed by atoms with E-state index >= 15 is 0 Å². The van der Waals surface area contributed by atoms with Gasteiger partial charge in [0, 0.05) is 19.3 Å². The van der Waals surface area contributed by atoms with Gasteiger partial charge in [-0.1, -0.05) is 0 Å². The molecular weight excluding hydrogens is 310 g/mol. The lowest BCUT2D eigenvalue weighted by molar-refractivity contribution is -0.116. The van der Waals surface area contributed by atoms with Gasteiger partial charge in [0.2, 0.25) is 11.9 Å². The predicted octanol–water partition coefficient (Wildman–Crippen LogP) is 0.355. The highest BCUT2D eigenvalue weighted by Gasteiger charge is 2.24. The summed E-state index contributed by atoms with van der Waals surface area (Å²) in [6.45, 7) is 0.0619. The molecule has 0 spiro atoms. The van der Waals surface area contributed by atoms with Gasteiger partial charge in [0.25, 0.3) is 0 Å². The van der Waals surface area contributed by atoms with Crippen LogP contribution < -0.4 is 16.4 Å². The van der Waals surface area contributed by atoms with Crippen molar-refractivity contribution in [3.05, 3.63) is 18.9 Å². The van der Waals surface area contributed by atoms with Gasteiger partial charge in [-0.2, -0.15) is 9.97 Å². The molecule has 1 amide bonds. The summed E-state index contributed by atoms with van der Waals surface area (Å²) in [7, 11) is 1.83. The molecule has 1 fully saturated rings. The molecule has 1 aliphatic carbocycles. The van der Waals surface area contributed by atoms with Crippen molar-refractivity contribution in [3.8, 4) is 0 Å².